The molecule has 7 heterocycles. The zero-order valence-corrected chi connectivity index (χ0v) is 37.7. The number of aromatic amines is 1. The number of benzene rings is 2. The lowest BCUT2D eigenvalue weighted by atomic mass is 9.85. The summed E-state index contributed by atoms with van der Waals surface area (Å²) in [6.07, 6.45) is 7.71. The number of anilines is 1. The lowest BCUT2D eigenvalue weighted by Gasteiger charge is -2.42. The molecule has 16 heteroatoms. The lowest BCUT2D eigenvalue weighted by molar-refractivity contribution is -0.155. The van der Waals surface area contributed by atoms with E-state index in [0.29, 0.717) is 42.3 Å². The van der Waals surface area contributed by atoms with Gasteiger partial charge in [0.2, 0.25) is 11.9 Å². The second-order valence-corrected chi connectivity index (χ2v) is 19.2. The van der Waals surface area contributed by atoms with Crippen molar-refractivity contribution in [2.45, 2.75) is 109 Å². The number of likely N-dealkylation sites (tertiary alicyclic amines) is 3. The Kier molecular flexibility index (Phi) is 12.5. The molecular weight excluding hydrogens is 825 g/mol. The molecule has 4 N–H and O–H groups in total. The van der Waals surface area contributed by atoms with Crippen LogP contribution in [0, 0.1) is 5.41 Å². The van der Waals surface area contributed by atoms with E-state index in [-0.39, 0.29) is 37.4 Å². The van der Waals surface area contributed by atoms with Crippen LogP contribution >= 0.6 is 0 Å². The van der Waals surface area contributed by atoms with Crippen LogP contribution in [0.5, 0.6) is 5.75 Å². The Bertz CT molecular complexity index is 2490. The van der Waals surface area contributed by atoms with E-state index < -0.39 is 35.5 Å². The van der Waals surface area contributed by atoms with Crippen molar-refractivity contribution in [3.8, 4) is 17.0 Å². The average molecular weight is 885 g/mol. The largest absolute Gasteiger partial charge is 0.507 e. The molecule has 4 aliphatic heterocycles. The van der Waals surface area contributed by atoms with Crippen molar-refractivity contribution in [1.29, 1.82) is 0 Å². The molecule has 4 atom stereocenters. The number of para-hydroxylation sites is 1. The molecular formula is C49H60N10O6. The van der Waals surface area contributed by atoms with Crippen LogP contribution in [0.2, 0.25) is 0 Å². The number of urea groups is 1. The lowest BCUT2D eigenvalue weighted by Crippen LogP contribution is -2.60. The van der Waals surface area contributed by atoms with Crippen LogP contribution in [0.3, 0.4) is 0 Å². The van der Waals surface area contributed by atoms with Gasteiger partial charge in [-0.3, -0.25) is 4.79 Å². The zero-order valence-electron chi connectivity index (χ0n) is 37.7. The summed E-state index contributed by atoms with van der Waals surface area (Å²) in [6.45, 7) is 11.8. The number of hydrogen-bond donors (Lipinski definition) is 4. The number of ether oxygens (including phenoxy) is 1. The summed E-state index contributed by atoms with van der Waals surface area (Å²) in [5.74, 6) is 0.271. The van der Waals surface area contributed by atoms with E-state index in [9.17, 15) is 24.6 Å². The van der Waals surface area contributed by atoms with Crippen molar-refractivity contribution in [3.63, 3.8) is 0 Å². The molecule has 3 amide bonds. The number of nitrogens with one attached hydrogen (secondary N) is 2. The fourth-order valence-electron chi connectivity index (χ4n) is 10.3. The number of phenols is 1. The number of nitrogens with zero attached hydrogens (tertiary/aromatic N) is 8. The van der Waals surface area contributed by atoms with E-state index in [2.05, 4.69) is 37.2 Å². The SMILES string of the molecule is C[C@@H]1c2c([nH]c3nnc(-c4ccccc4O)cc23)CCN1c1ncc(C2CCN(C3CCN(C(=O)N[C@H](C(=O)N4C[C@H](O)C[C@H]4C(=O)OCc4ccccc4)C(C)(C)C)CC3)CC2)cn1. The Morgan fingerprint density at radius 1 is 0.923 bits per heavy atom. The number of fused-ring (bicyclic) bond motifs is 3. The number of esters is 1. The van der Waals surface area contributed by atoms with Crippen LogP contribution in [0.1, 0.15) is 94.1 Å². The molecule has 0 radical (unpaired) electrons. The number of piperidine rings is 2. The highest BCUT2D eigenvalue weighted by Crippen LogP contribution is 2.39. The number of aliphatic hydroxyl groups is 1. The van der Waals surface area contributed by atoms with Crippen molar-refractivity contribution < 1.29 is 29.3 Å². The summed E-state index contributed by atoms with van der Waals surface area (Å²) in [6, 6.07) is 16.7. The molecule has 0 aliphatic carbocycles. The molecule has 0 spiro atoms. The summed E-state index contributed by atoms with van der Waals surface area (Å²) in [7, 11) is 0. The number of H-pyrrole nitrogens is 1. The molecule has 2 aromatic carbocycles. The van der Waals surface area contributed by atoms with Crippen LogP contribution in [0.25, 0.3) is 22.3 Å². The summed E-state index contributed by atoms with van der Waals surface area (Å²) in [5, 5.41) is 33.9. The number of aromatic hydroxyl groups is 1. The number of aliphatic hydroxyl groups excluding tert-OH is 1. The fraction of sp³-hybridized carbons (Fsp3) is 0.490. The third-order valence-corrected chi connectivity index (χ3v) is 14.0. The van der Waals surface area contributed by atoms with Gasteiger partial charge in [-0.05, 0) is 86.4 Å². The van der Waals surface area contributed by atoms with E-state index in [1.807, 2.05) is 81.7 Å². The van der Waals surface area contributed by atoms with Gasteiger partial charge < -0.3 is 44.9 Å². The number of aromatic nitrogens is 5. The summed E-state index contributed by atoms with van der Waals surface area (Å²) in [5.41, 5.74) is 5.62. The predicted molar refractivity (Wildman–Crippen MR) is 245 cm³/mol. The van der Waals surface area contributed by atoms with Gasteiger partial charge in [-0.1, -0.05) is 63.2 Å². The highest BCUT2D eigenvalue weighted by molar-refractivity contribution is 5.92. The van der Waals surface area contributed by atoms with Gasteiger partial charge in [-0.2, -0.15) is 0 Å². The summed E-state index contributed by atoms with van der Waals surface area (Å²) >= 11 is 0. The van der Waals surface area contributed by atoms with E-state index in [0.717, 1.165) is 85.2 Å². The van der Waals surface area contributed by atoms with Gasteiger partial charge in [0.25, 0.3) is 0 Å². The van der Waals surface area contributed by atoms with E-state index in [4.69, 9.17) is 14.7 Å². The van der Waals surface area contributed by atoms with Crippen molar-refractivity contribution in [2.75, 3.05) is 44.2 Å². The monoisotopic (exact) mass is 884 g/mol. The Labute approximate surface area is 379 Å². The molecule has 65 heavy (non-hydrogen) atoms. The van der Waals surface area contributed by atoms with Gasteiger partial charge >= 0.3 is 12.0 Å². The first-order valence-electron chi connectivity index (χ1n) is 23.1. The standard InChI is InChI=1S/C49H60N10O6/c1-30-42-37-25-39(36-12-8-9-13-41(36)61)54-55-44(37)52-38(42)18-23-58(30)47-50-26-33(27-51-47)32-14-19-56(20-15-32)34-16-21-57(22-17-34)48(64)53-43(49(2,3)4)45(62)59-28-35(60)24-40(59)46(63)65-29-31-10-6-5-7-11-31/h5-13,25-27,30,32,34-35,40,43,60-61H,14-24,28-29H2,1-4H3,(H,52,55)(H,53,64)/t30-,35-,40+,43-/m1/s1. The molecule has 9 rings (SSSR count). The van der Waals surface area contributed by atoms with Crippen molar-refractivity contribution in [2.24, 2.45) is 5.41 Å². The molecule has 342 valence electrons. The van der Waals surface area contributed by atoms with E-state index in [1.165, 1.54) is 4.90 Å². The molecule has 3 fully saturated rings. The second kappa shape index (κ2) is 18.4. The topological polar surface area (TPSA) is 193 Å². The van der Waals surface area contributed by atoms with Crippen LogP contribution in [0.15, 0.2) is 73.1 Å². The van der Waals surface area contributed by atoms with Crippen molar-refractivity contribution >= 4 is 34.9 Å². The third kappa shape index (κ3) is 9.23. The third-order valence-electron chi connectivity index (χ3n) is 14.0. The van der Waals surface area contributed by atoms with Gasteiger partial charge in [0.1, 0.15) is 24.4 Å². The number of carbonyl (C=O) groups excluding carboxylic acids is 3. The fourth-order valence-corrected chi connectivity index (χ4v) is 10.3. The maximum atomic E-state index is 14.1. The molecule has 5 aromatic rings. The van der Waals surface area contributed by atoms with Gasteiger partial charge in [-0.15, -0.1) is 10.2 Å². The number of amides is 3. The number of phenolic OH excluding ortho intramolecular Hbond substituents is 1. The first kappa shape index (κ1) is 44.1. The smallest absolute Gasteiger partial charge is 0.329 e. The second-order valence-electron chi connectivity index (χ2n) is 19.2. The maximum Gasteiger partial charge on any atom is 0.329 e. The molecule has 0 saturated carbocycles. The quantitative estimate of drug-likeness (QED) is 0.132. The molecule has 4 aliphatic rings. The van der Waals surface area contributed by atoms with Gasteiger partial charge in [-0.25, -0.2) is 19.6 Å². The summed E-state index contributed by atoms with van der Waals surface area (Å²) in [4.78, 5) is 62.3. The maximum absolute atomic E-state index is 14.1. The highest BCUT2D eigenvalue weighted by atomic mass is 16.5. The minimum atomic E-state index is -0.932. The molecule has 16 nitrogen and oxygen atoms in total. The van der Waals surface area contributed by atoms with Crippen molar-refractivity contribution in [1.82, 2.24) is 45.2 Å². The van der Waals surface area contributed by atoms with Gasteiger partial charge in [0, 0.05) is 79.7 Å². The van der Waals surface area contributed by atoms with Gasteiger partial charge in [0.05, 0.1) is 17.8 Å². The summed E-state index contributed by atoms with van der Waals surface area (Å²) < 4.78 is 5.57. The number of β-amino-alcohol motifs (C(OH)–C–C–N with tert-alkyl or cyclic N) is 1. The normalized spacial score (nSPS) is 21.6. The molecule has 0 unspecified atom stereocenters. The predicted octanol–water partition coefficient (Wildman–Crippen LogP) is 5.72. The Morgan fingerprint density at radius 2 is 1.63 bits per heavy atom. The molecule has 3 saturated heterocycles. The first-order valence-corrected chi connectivity index (χ1v) is 23.1. The zero-order chi connectivity index (χ0) is 45.4. The number of carbonyl (C=O) groups is 3. The molecule has 3 aromatic heterocycles. The Hall–Kier alpha value is -6.13. The van der Waals surface area contributed by atoms with E-state index in [1.54, 1.807) is 17.0 Å². The number of hydrogen-bond acceptors (Lipinski definition) is 12. The first-order chi connectivity index (χ1) is 31.3. The number of rotatable bonds is 9. The highest BCUT2D eigenvalue weighted by Gasteiger charge is 2.46. The van der Waals surface area contributed by atoms with Crippen molar-refractivity contribution in [3.05, 3.63) is 95.4 Å². The minimum Gasteiger partial charge on any atom is -0.507 e. The Balaban J connectivity index is 0.763. The van der Waals surface area contributed by atoms with Crippen LogP contribution in [-0.4, -0.2) is 131 Å². The Morgan fingerprint density at radius 3 is 2.34 bits per heavy atom. The molecule has 0 bridgehead atoms. The van der Waals surface area contributed by atoms with Crippen LogP contribution in [-0.2, 0) is 27.4 Å². The van der Waals surface area contributed by atoms with Crippen LogP contribution in [0.4, 0.5) is 10.7 Å². The van der Waals surface area contributed by atoms with Gasteiger partial charge in [0.15, 0.2) is 5.65 Å². The van der Waals surface area contributed by atoms with Crippen LogP contribution < -0.4 is 10.2 Å². The van der Waals surface area contributed by atoms with E-state index >= 15 is 0 Å². The minimum absolute atomic E-state index is 0.000406. The average Bonchev–Trinajstić information content (AvgIpc) is 3.91.